The van der Waals surface area contributed by atoms with Gasteiger partial charge in [-0.2, -0.15) is 0 Å². The van der Waals surface area contributed by atoms with Crippen LogP contribution in [0.3, 0.4) is 0 Å². The molecule has 10 aromatic rings. The summed E-state index contributed by atoms with van der Waals surface area (Å²) in [5, 5.41) is 9.04. The number of fused-ring (bicyclic) bond motifs is 11. The van der Waals surface area contributed by atoms with Crippen molar-refractivity contribution >= 4 is 103 Å². The summed E-state index contributed by atoms with van der Waals surface area (Å²) in [5.74, 6) is 0. The number of anilines is 3. The fraction of sp³-hybridized carbons (Fsp3) is 0. The fourth-order valence-electron chi connectivity index (χ4n) is 6.68. The lowest BCUT2D eigenvalue weighted by Crippen LogP contribution is -2.09. The van der Waals surface area contributed by atoms with Crippen molar-refractivity contribution in [2.45, 2.75) is 0 Å². The Bertz CT molecular complexity index is 2750. The molecule has 0 unspecified atom stereocenters. The zero-order valence-electron chi connectivity index (χ0n) is 23.3. The van der Waals surface area contributed by atoms with Gasteiger partial charge >= 0.3 is 0 Å². The summed E-state index contributed by atoms with van der Waals surface area (Å²) in [7, 11) is 0. The van der Waals surface area contributed by atoms with Crippen molar-refractivity contribution in [2.75, 3.05) is 4.90 Å². The molecule has 0 aliphatic heterocycles. The Kier molecular flexibility index (Phi) is 4.84. The van der Waals surface area contributed by atoms with Gasteiger partial charge in [-0.25, -0.2) is 4.98 Å². The molecular formula is C39H22N2O2S. The van der Waals surface area contributed by atoms with Crippen molar-refractivity contribution in [3.05, 3.63) is 134 Å². The molecule has 0 radical (unpaired) electrons. The van der Waals surface area contributed by atoms with E-state index < -0.39 is 0 Å². The number of rotatable bonds is 3. The second-order valence-electron chi connectivity index (χ2n) is 11.2. The predicted octanol–water partition coefficient (Wildman–Crippen LogP) is 11.9. The second kappa shape index (κ2) is 8.93. The summed E-state index contributed by atoms with van der Waals surface area (Å²) in [6, 6.07) is 44.9. The molecule has 4 aromatic heterocycles. The Morgan fingerprint density at radius 3 is 2.00 bits per heavy atom. The van der Waals surface area contributed by atoms with Crippen LogP contribution in [0, 0.1) is 0 Å². The molecule has 10 rings (SSSR count). The molecule has 0 saturated carbocycles. The van der Waals surface area contributed by atoms with Crippen molar-refractivity contribution in [3.63, 3.8) is 0 Å². The number of nitrogens with zero attached hydrogens (tertiary/aromatic N) is 2. The average Bonchev–Trinajstić information content (AvgIpc) is 3.75. The van der Waals surface area contributed by atoms with Gasteiger partial charge in [-0.05, 0) is 66.0 Å². The molecule has 0 bridgehead atoms. The van der Waals surface area contributed by atoms with Gasteiger partial charge in [0.05, 0.1) is 5.39 Å². The van der Waals surface area contributed by atoms with E-state index >= 15 is 0 Å². The van der Waals surface area contributed by atoms with E-state index in [-0.39, 0.29) is 0 Å². The van der Waals surface area contributed by atoms with Crippen LogP contribution in [0.1, 0.15) is 0 Å². The van der Waals surface area contributed by atoms with Gasteiger partial charge in [0.25, 0.3) is 0 Å². The van der Waals surface area contributed by atoms with Crippen LogP contribution in [-0.4, -0.2) is 4.98 Å². The SMILES string of the molecule is c1ccc2c(c1)oc1cc(N(c3ccc4sc5ccccc5c4c3)c3ccc4cnc5oc6ccccc6c5c4c3)ccc12. The van der Waals surface area contributed by atoms with E-state index in [1.165, 1.54) is 20.2 Å². The molecule has 0 amide bonds. The second-order valence-corrected chi connectivity index (χ2v) is 12.3. The Morgan fingerprint density at radius 1 is 0.477 bits per heavy atom. The monoisotopic (exact) mass is 582 g/mol. The Morgan fingerprint density at radius 2 is 1.11 bits per heavy atom. The third-order valence-corrected chi connectivity index (χ3v) is 9.85. The topological polar surface area (TPSA) is 42.4 Å². The van der Waals surface area contributed by atoms with Crippen LogP contribution >= 0.6 is 11.3 Å². The van der Waals surface area contributed by atoms with Crippen LogP contribution in [0.15, 0.2) is 142 Å². The maximum absolute atomic E-state index is 6.35. The lowest BCUT2D eigenvalue weighted by Gasteiger charge is -2.26. The number of thiophene rings is 1. The van der Waals surface area contributed by atoms with Crippen LogP contribution in [0.4, 0.5) is 17.1 Å². The standard InChI is InChI=1S/C39H22N2O2S/c1-4-10-33-27(7-1)28-17-15-26(21-35(28)42-33)41(25-16-18-37-32(20-25)29-8-3-6-12-36(29)44-37)24-14-13-23-22-40-39-38(31(23)19-24)30-9-2-5-11-34(30)43-39/h1-22H. The molecule has 0 aliphatic carbocycles. The molecule has 4 nitrogen and oxygen atoms in total. The van der Waals surface area contributed by atoms with Gasteiger partial charge in [-0.15, -0.1) is 11.3 Å². The van der Waals surface area contributed by atoms with E-state index in [0.717, 1.165) is 66.1 Å². The Balaban J connectivity index is 1.26. The summed E-state index contributed by atoms with van der Waals surface area (Å²) in [6.45, 7) is 0. The number of pyridine rings is 1. The zero-order valence-corrected chi connectivity index (χ0v) is 24.1. The summed E-state index contributed by atoms with van der Waals surface area (Å²) >= 11 is 1.83. The van der Waals surface area contributed by atoms with Crippen molar-refractivity contribution in [3.8, 4) is 0 Å². The molecule has 5 heteroatoms. The maximum atomic E-state index is 6.35. The fourth-order valence-corrected chi connectivity index (χ4v) is 7.76. The van der Waals surface area contributed by atoms with Gasteiger partial charge in [-0.1, -0.05) is 60.7 Å². The van der Waals surface area contributed by atoms with Gasteiger partial charge in [0.15, 0.2) is 0 Å². The smallest absolute Gasteiger partial charge is 0.227 e. The summed E-state index contributed by atoms with van der Waals surface area (Å²) < 4.78 is 15.1. The van der Waals surface area contributed by atoms with Crippen LogP contribution in [0.2, 0.25) is 0 Å². The Labute approximate surface area is 255 Å². The molecular weight excluding hydrogens is 561 g/mol. The Hall–Kier alpha value is -5.65. The van der Waals surface area contributed by atoms with Crippen LogP contribution in [-0.2, 0) is 0 Å². The number of aromatic nitrogens is 1. The summed E-state index contributed by atoms with van der Waals surface area (Å²) in [6.07, 6.45) is 1.90. The number of hydrogen-bond donors (Lipinski definition) is 0. The van der Waals surface area contributed by atoms with Gasteiger partial charge in [0, 0.05) is 71.0 Å². The zero-order chi connectivity index (χ0) is 28.8. The van der Waals surface area contributed by atoms with Crippen LogP contribution in [0.25, 0.3) is 75.0 Å². The predicted molar refractivity (Wildman–Crippen MR) is 184 cm³/mol. The lowest BCUT2D eigenvalue weighted by molar-refractivity contribution is 0.654. The summed E-state index contributed by atoms with van der Waals surface area (Å²) in [5.41, 5.74) is 6.40. The first kappa shape index (κ1) is 23.9. The van der Waals surface area contributed by atoms with Gasteiger partial charge < -0.3 is 13.7 Å². The average molecular weight is 583 g/mol. The minimum absolute atomic E-state index is 0.650. The van der Waals surface area contributed by atoms with Crippen LogP contribution < -0.4 is 4.90 Å². The van der Waals surface area contributed by atoms with Crippen molar-refractivity contribution in [1.82, 2.24) is 4.98 Å². The molecule has 44 heavy (non-hydrogen) atoms. The van der Waals surface area contributed by atoms with Crippen molar-refractivity contribution in [1.29, 1.82) is 0 Å². The first-order valence-electron chi connectivity index (χ1n) is 14.6. The molecule has 0 atom stereocenters. The van der Waals surface area contributed by atoms with Gasteiger partial charge in [0.2, 0.25) is 5.71 Å². The quantitative estimate of drug-likeness (QED) is 0.208. The molecule has 206 valence electrons. The van der Waals surface area contributed by atoms with Gasteiger partial charge in [0.1, 0.15) is 16.7 Å². The van der Waals surface area contributed by atoms with Crippen molar-refractivity contribution in [2.24, 2.45) is 0 Å². The van der Waals surface area contributed by atoms with Crippen LogP contribution in [0.5, 0.6) is 0 Å². The number of hydrogen-bond acceptors (Lipinski definition) is 5. The molecule has 0 aliphatic rings. The highest BCUT2D eigenvalue weighted by Gasteiger charge is 2.19. The minimum Gasteiger partial charge on any atom is -0.456 e. The first-order valence-corrected chi connectivity index (χ1v) is 15.4. The highest BCUT2D eigenvalue weighted by molar-refractivity contribution is 7.25. The van der Waals surface area contributed by atoms with E-state index in [1.807, 2.05) is 41.8 Å². The highest BCUT2D eigenvalue weighted by atomic mass is 32.1. The van der Waals surface area contributed by atoms with E-state index in [1.54, 1.807) is 0 Å². The maximum Gasteiger partial charge on any atom is 0.227 e. The normalized spacial score (nSPS) is 12.1. The van der Waals surface area contributed by atoms with E-state index in [2.05, 4.69) is 113 Å². The third-order valence-electron chi connectivity index (χ3n) is 8.70. The molecule has 6 aromatic carbocycles. The van der Waals surface area contributed by atoms with E-state index in [0.29, 0.717) is 5.71 Å². The molecule has 0 fully saturated rings. The molecule has 0 saturated heterocycles. The van der Waals surface area contributed by atoms with Crippen molar-refractivity contribution < 1.29 is 8.83 Å². The van der Waals surface area contributed by atoms with Gasteiger partial charge in [-0.3, -0.25) is 0 Å². The first-order chi connectivity index (χ1) is 21.8. The molecule has 0 N–H and O–H groups in total. The molecule has 4 heterocycles. The summed E-state index contributed by atoms with van der Waals surface area (Å²) in [4.78, 5) is 6.98. The highest BCUT2D eigenvalue weighted by Crippen LogP contribution is 2.43. The number of para-hydroxylation sites is 2. The minimum atomic E-state index is 0.650. The number of benzene rings is 6. The number of furan rings is 2. The molecule has 0 spiro atoms. The lowest BCUT2D eigenvalue weighted by atomic mass is 10.0. The largest absolute Gasteiger partial charge is 0.456 e. The van der Waals surface area contributed by atoms with E-state index in [4.69, 9.17) is 8.83 Å². The van der Waals surface area contributed by atoms with E-state index in [9.17, 15) is 0 Å². The third kappa shape index (κ3) is 3.41.